The Morgan fingerprint density at radius 1 is 1.44 bits per heavy atom. The minimum absolute atomic E-state index is 0.0547. The van der Waals surface area contributed by atoms with Crippen LogP contribution in [0.3, 0.4) is 0 Å². The molecule has 0 unspecified atom stereocenters. The number of esters is 1. The van der Waals surface area contributed by atoms with Gasteiger partial charge in [0.25, 0.3) is 0 Å². The molecule has 0 spiro atoms. The van der Waals surface area contributed by atoms with Crippen LogP contribution in [0, 0.1) is 0 Å². The first-order chi connectivity index (χ1) is 7.77. The molecule has 0 radical (unpaired) electrons. The smallest absolute Gasteiger partial charge is 0.361 e. The van der Waals surface area contributed by atoms with E-state index in [9.17, 15) is 4.79 Å². The summed E-state index contributed by atoms with van der Waals surface area (Å²) < 4.78 is 5.04. The van der Waals surface area contributed by atoms with Gasteiger partial charge in [-0.3, -0.25) is 0 Å². The van der Waals surface area contributed by atoms with Crippen molar-refractivity contribution >= 4 is 23.1 Å². The third-order valence-electron chi connectivity index (χ3n) is 1.85. The van der Waals surface area contributed by atoms with Gasteiger partial charge in [0.2, 0.25) is 0 Å². The van der Waals surface area contributed by atoms with E-state index in [2.05, 4.69) is 9.97 Å². The number of nitrogens with zero attached hydrogens (tertiary/aromatic N) is 2. The lowest BCUT2D eigenvalue weighted by Gasteiger charge is -2.03. The number of ether oxygens (including phenoxy) is 1. The number of carbonyl (C=O) groups is 1. The molecule has 0 aliphatic carbocycles. The van der Waals surface area contributed by atoms with Crippen molar-refractivity contribution in [1.82, 2.24) is 9.97 Å². The second-order valence-electron chi connectivity index (χ2n) is 2.95. The van der Waals surface area contributed by atoms with Gasteiger partial charge in [0.05, 0.1) is 0 Å². The van der Waals surface area contributed by atoms with E-state index in [4.69, 9.17) is 10.5 Å². The SMILES string of the molecule is Nc1nccnc1C(=O)OCc1cccs1. The van der Waals surface area contributed by atoms with Crippen molar-refractivity contribution in [1.29, 1.82) is 0 Å². The molecule has 2 aromatic heterocycles. The first-order valence-electron chi connectivity index (χ1n) is 4.53. The van der Waals surface area contributed by atoms with E-state index in [1.54, 1.807) is 0 Å². The molecule has 0 saturated heterocycles. The Balaban J connectivity index is 2.01. The maximum Gasteiger partial charge on any atom is 0.361 e. The van der Waals surface area contributed by atoms with Gasteiger partial charge in [-0.05, 0) is 11.4 Å². The third kappa shape index (κ3) is 2.34. The molecule has 0 amide bonds. The molecule has 5 nitrogen and oxygen atoms in total. The van der Waals surface area contributed by atoms with Crippen molar-refractivity contribution in [2.24, 2.45) is 0 Å². The Hall–Kier alpha value is -1.95. The van der Waals surface area contributed by atoms with Crippen LogP contribution in [0.4, 0.5) is 5.82 Å². The van der Waals surface area contributed by atoms with E-state index in [1.165, 1.54) is 23.7 Å². The Bertz CT molecular complexity index is 485. The predicted octanol–water partition coefficient (Wildman–Crippen LogP) is 1.48. The van der Waals surface area contributed by atoms with Gasteiger partial charge >= 0.3 is 5.97 Å². The van der Waals surface area contributed by atoms with Crippen LogP contribution in [0.5, 0.6) is 0 Å². The van der Waals surface area contributed by atoms with E-state index < -0.39 is 5.97 Å². The summed E-state index contributed by atoms with van der Waals surface area (Å²) in [6, 6.07) is 3.78. The molecule has 16 heavy (non-hydrogen) atoms. The van der Waals surface area contributed by atoms with Crippen molar-refractivity contribution in [2.45, 2.75) is 6.61 Å². The molecule has 6 heteroatoms. The lowest BCUT2D eigenvalue weighted by molar-refractivity contribution is 0.0471. The molecule has 2 aromatic rings. The lowest BCUT2D eigenvalue weighted by atomic mass is 10.4. The highest BCUT2D eigenvalue weighted by Crippen LogP contribution is 2.12. The van der Waals surface area contributed by atoms with E-state index in [0.29, 0.717) is 0 Å². The zero-order valence-electron chi connectivity index (χ0n) is 8.29. The minimum atomic E-state index is -0.556. The van der Waals surface area contributed by atoms with Crippen molar-refractivity contribution in [3.8, 4) is 0 Å². The van der Waals surface area contributed by atoms with Crippen molar-refractivity contribution in [2.75, 3.05) is 5.73 Å². The summed E-state index contributed by atoms with van der Waals surface area (Å²) in [5.41, 5.74) is 5.55. The number of hydrogen-bond acceptors (Lipinski definition) is 6. The summed E-state index contributed by atoms with van der Waals surface area (Å²) in [6.45, 7) is 0.229. The summed E-state index contributed by atoms with van der Waals surface area (Å²) in [4.78, 5) is 20.1. The van der Waals surface area contributed by atoms with E-state index in [-0.39, 0.29) is 18.1 Å². The fourth-order valence-electron chi connectivity index (χ4n) is 1.11. The maximum atomic E-state index is 11.6. The highest BCUT2D eigenvalue weighted by molar-refractivity contribution is 7.09. The Morgan fingerprint density at radius 2 is 2.25 bits per heavy atom. The number of hydrogen-bond donors (Lipinski definition) is 1. The Kier molecular flexibility index (Phi) is 3.11. The fourth-order valence-corrected chi connectivity index (χ4v) is 1.72. The molecule has 2 rings (SSSR count). The van der Waals surface area contributed by atoms with Crippen LogP contribution in [-0.4, -0.2) is 15.9 Å². The van der Waals surface area contributed by atoms with Gasteiger partial charge in [-0.15, -0.1) is 11.3 Å². The summed E-state index contributed by atoms with van der Waals surface area (Å²) in [6.07, 6.45) is 2.82. The largest absolute Gasteiger partial charge is 0.455 e. The molecular formula is C10H9N3O2S. The second kappa shape index (κ2) is 4.71. The highest BCUT2D eigenvalue weighted by Gasteiger charge is 2.13. The van der Waals surface area contributed by atoms with Crippen molar-refractivity contribution in [3.63, 3.8) is 0 Å². The number of carbonyl (C=O) groups excluding carboxylic acids is 1. The van der Waals surface area contributed by atoms with Gasteiger partial charge in [0, 0.05) is 17.3 Å². The molecule has 2 N–H and O–H groups in total. The summed E-state index contributed by atoms with van der Waals surface area (Å²) in [5, 5.41) is 1.92. The number of thiophene rings is 1. The van der Waals surface area contributed by atoms with Crippen LogP contribution in [0.15, 0.2) is 29.9 Å². The van der Waals surface area contributed by atoms with Crippen LogP contribution < -0.4 is 5.73 Å². The van der Waals surface area contributed by atoms with Crippen LogP contribution in [0.25, 0.3) is 0 Å². The molecule has 0 bridgehead atoms. The normalized spacial score (nSPS) is 10.0. The molecule has 0 fully saturated rings. The lowest BCUT2D eigenvalue weighted by Crippen LogP contribution is -2.11. The average molecular weight is 235 g/mol. The minimum Gasteiger partial charge on any atom is -0.455 e. The Morgan fingerprint density at radius 3 is 2.94 bits per heavy atom. The highest BCUT2D eigenvalue weighted by atomic mass is 32.1. The molecular weight excluding hydrogens is 226 g/mol. The second-order valence-corrected chi connectivity index (χ2v) is 3.98. The molecule has 0 atom stereocenters. The van der Waals surface area contributed by atoms with E-state index in [0.717, 1.165) is 4.88 Å². The van der Waals surface area contributed by atoms with Crippen LogP contribution >= 0.6 is 11.3 Å². The van der Waals surface area contributed by atoms with Crippen LogP contribution in [0.2, 0.25) is 0 Å². The standard InChI is InChI=1S/C10H9N3O2S/c11-9-8(12-3-4-13-9)10(14)15-6-7-2-1-5-16-7/h1-5H,6H2,(H2,11,13). The Labute approximate surface area is 95.9 Å². The van der Waals surface area contributed by atoms with Gasteiger partial charge < -0.3 is 10.5 Å². The average Bonchev–Trinajstić information content (AvgIpc) is 2.79. The molecule has 2 heterocycles. The van der Waals surface area contributed by atoms with Crippen LogP contribution in [0.1, 0.15) is 15.4 Å². The van der Waals surface area contributed by atoms with Crippen molar-refractivity contribution in [3.05, 3.63) is 40.5 Å². The van der Waals surface area contributed by atoms with Crippen molar-refractivity contribution < 1.29 is 9.53 Å². The number of anilines is 1. The maximum absolute atomic E-state index is 11.6. The molecule has 0 saturated carbocycles. The zero-order chi connectivity index (χ0) is 11.4. The van der Waals surface area contributed by atoms with Gasteiger partial charge in [-0.2, -0.15) is 0 Å². The fraction of sp³-hybridized carbons (Fsp3) is 0.100. The topological polar surface area (TPSA) is 78.1 Å². The first-order valence-corrected chi connectivity index (χ1v) is 5.41. The summed E-state index contributed by atoms with van der Waals surface area (Å²) in [7, 11) is 0. The number of nitrogens with two attached hydrogens (primary N) is 1. The monoisotopic (exact) mass is 235 g/mol. The summed E-state index contributed by atoms with van der Waals surface area (Å²) >= 11 is 1.52. The quantitative estimate of drug-likeness (QED) is 0.815. The summed E-state index contributed by atoms with van der Waals surface area (Å²) in [5.74, 6) is -0.474. The molecule has 0 aromatic carbocycles. The molecule has 82 valence electrons. The third-order valence-corrected chi connectivity index (χ3v) is 2.70. The zero-order valence-corrected chi connectivity index (χ0v) is 9.11. The van der Waals surface area contributed by atoms with Crippen LogP contribution in [-0.2, 0) is 11.3 Å². The number of nitrogen functional groups attached to an aromatic ring is 1. The van der Waals surface area contributed by atoms with Gasteiger partial charge in [-0.1, -0.05) is 6.07 Å². The van der Waals surface area contributed by atoms with Gasteiger partial charge in [0.1, 0.15) is 6.61 Å². The van der Waals surface area contributed by atoms with E-state index in [1.807, 2.05) is 17.5 Å². The molecule has 0 aliphatic heterocycles. The van der Waals surface area contributed by atoms with Gasteiger partial charge in [0.15, 0.2) is 11.5 Å². The van der Waals surface area contributed by atoms with E-state index >= 15 is 0 Å². The molecule has 0 aliphatic rings. The first kappa shape index (κ1) is 10.6. The van der Waals surface area contributed by atoms with Gasteiger partial charge in [-0.25, -0.2) is 14.8 Å². The number of aromatic nitrogens is 2. The predicted molar refractivity (Wildman–Crippen MR) is 59.9 cm³/mol. The number of rotatable bonds is 3.